The summed E-state index contributed by atoms with van der Waals surface area (Å²) in [6.07, 6.45) is 1.10. The van der Waals surface area contributed by atoms with E-state index in [9.17, 15) is 4.79 Å². The summed E-state index contributed by atoms with van der Waals surface area (Å²) in [5, 5.41) is 3.03. The fourth-order valence-corrected chi connectivity index (χ4v) is 3.78. The number of carbonyl (C=O) groups excluding carboxylic acids is 1. The Bertz CT molecular complexity index is 712. The number of carbonyl (C=O) groups is 1. The van der Waals surface area contributed by atoms with Crippen LogP contribution < -0.4 is 10.2 Å². The summed E-state index contributed by atoms with van der Waals surface area (Å²) in [6, 6.07) is 14.7. The molecule has 0 aliphatic carbocycles. The number of thioether (sulfide) groups is 1. The van der Waals surface area contributed by atoms with Gasteiger partial charge in [0.25, 0.3) is 0 Å². The van der Waals surface area contributed by atoms with Crippen molar-refractivity contribution < 1.29 is 4.79 Å². The zero-order chi connectivity index (χ0) is 16.9. The lowest BCUT2D eigenvalue weighted by Crippen LogP contribution is -2.19. The first-order chi connectivity index (χ1) is 11.7. The van der Waals surface area contributed by atoms with Crippen LogP contribution in [-0.2, 0) is 17.0 Å². The largest absolute Gasteiger partial charge is 0.371 e. The van der Waals surface area contributed by atoms with E-state index < -0.39 is 0 Å². The Morgan fingerprint density at radius 3 is 2.75 bits per heavy atom. The molecule has 2 aromatic rings. The van der Waals surface area contributed by atoms with Crippen LogP contribution >= 0.6 is 11.8 Å². The highest BCUT2D eigenvalue weighted by atomic mass is 32.2. The van der Waals surface area contributed by atoms with E-state index in [0.717, 1.165) is 31.0 Å². The summed E-state index contributed by atoms with van der Waals surface area (Å²) in [4.78, 5) is 14.5. The minimum atomic E-state index is 0.0631. The molecule has 0 unspecified atom stereocenters. The van der Waals surface area contributed by atoms with Crippen LogP contribution in [0.5, 0.6) is 0 Å². The lowest BCUT2D eigenvalue weighted by atomic mass is 10.1. The van der Waals surface area contributed by atoms with Gasteiger partial charge in [-0.3, -0.25) is 4.79 Å². The number of likely N-dealkylation sites (N-methyl/N-ethyl adjacent to an activating group) is 1. The van der Waals surface area contributed by atoms with Crippen molar-refractivity contribution in [1.82, 2.24) is 0 Å². The number of rotatable bonds is 6. The number of hydrogen-bond donors (Lipinski definition) is 1. The van der Waals surface area contributed by atoms with Gasteiger partial charge in [-0.1, -0.05) is 35.9 Å². The lowest BCUT2D eigenvalue weighted by molar-refractivity contribution is -0.113. The predicted octanol–water partition coefficient (Wildman–Crippen LogP) is 4.25. The first kappa shape index (κ1) is 16.9. The lowest BCUT2D eigenvalue weighted by Gasteiger charge is -2.17. The summed E-state index contributed by atoms with van der Waals surface area (Å²) in [5.74, 6) is 1.40. The van der Waals surface area contributed by atoms with Gasteiger partial charge in [0.1, 0.15) is 0 Å². The van der Waals surface area contributed by atoms with Gasteiger partial charge in [0.05, 0.1) is 5.75 Å². The van der Waals surface area contributed by atoms with Crippen LogP contribution in [0.15, 0.2) is 42.5 Å². The van der Waals surface area contributed by atoms with Crippen LogP contribution in [0, 0.1) is 6.92 Å². The summed E-state index contributed by atoms with van der Waals surface area (Å²) in [7, 11) is 0. The molecular weight excluding hydrogens is 316 g/mol. The van der Waals surface area contributed by atoms with E-state index in [2.05, 4.69) is 60.5 Å². The van der Waals surface area contributed by atoms with Crippen molar-refractivity contribution in [3.05, 3.63) is 59.2 Å². The minimum Gasteiger partial charge on any atom is -0.371 e. The molecule has 24 heavy (non-hydrogen) atoms. The first-order valence-electron chi connectivity index (χ1n) is 8.46. The van der Waals surface area contributed by atoms with E-state index in [0.29, 0.717) is 5.75 Å². The van der Waals surface area contributed by atoms with E-state index in [-0.39, 0.29) is 5.91 Å². The maximum Gasteiger partial charge on any atom is 0.234 e. The molecule has 0 radical (unpaired) electrons. The van der Waals surface area contributed by atoms with Gasteiger partial charge in [0.15, 0.2) is 0 Å². The molecule has 0 spiro atoms. The number of amides is 1. The van der Waals surface area contributed by atoms with Crippen LogP contribution in [-0.4, -0.2) is 24.7 Å². The highest BCUT2D eigenvalue weighted by Crippen LogP contribution is 2.30. The molecule has 0 saturated heterocycles. The standard InChI is InChI=1S/C20H24N2OS/c1-3-22-11-10-17-8-9-18(12-19(17)22)21-20(23)14-24-13-16-6-4-15(2)5-7-16/h4-9,12H,3,10-11,13-14H2,1-2H3,(H,21,23). The fourth-order valence-electron chi connectivity index (χ4n) is 2.99. The van der Waals surface area contributed by atoms with E-state index >= 15 is 0 Å². The van der Waals surface area contributed by atoms with Gasteiger partial charge < -0.3 is 10.2 Å². The molecule has 2 aromatic carbocycles. The predicted molar refractivity (Wildman–Crippen MR) is 104 cm³/mol. The molecule has 0 saturated carbocycles. The quantitative estimate of drug-likeness (QED) is 0.853. The normalized spacial score (nSPS) is 13.0. The number of hydrogen-bond acceptors (Lipinski definition) is 3. The van der Waals surface area contributed by atoms with Gasteiger partial charge in [-0.05, 0) is 43.5 Å². The van der Waals surface area contributed by atoms with Crippen molar-refractivity contribution in [1.29, 1.82) is 0 Å². The van der Waals surface area contributed by atoms with E-state index in [1.165, 1.54) is 22.4 Å². The van der Waals surface area contributed by atoms with Crippen molar-refractivity contribution in [3.63, 3.8) is 0 Å². The van der Waals surface area contributed by atoms with Crippen molar-refractivity contribution in [3.8, 4) is 0 Å². The highest BCUT2D eigenvalue weighted by Gasteiger charge is 2.18. The number of nitrogens with one attached hydrogen (secondary N) is 1. The van der Waals surface area contributed by atoms with Gasteiger partial charge in [0.2, 0.25) is 5.91 Å². The molecule has 1 aliphatic heterocycles. The summed E-state index contributed by atoms with van der Waals surface area (Å²) in [6.45, 7) is 6.34. The molecule has 0 atom stereocenters. The van der Waals surface area contributed by atoms with Crippen LogP contribution in [0.25, 0.3) is 0 Å². The molecule has 4 heteroatoms. The summed E-state index contributed by atoms with van der Waals surface area (Å²) in [5.41, 5.74) is 6.06. The number of anilines is 2. The Hall–Kier alpha value is -1.94. The summed E-state index contributed by atoms with van der Waals surface area (Å²) < 4.78 is 0. The Morgan fingerprint density at radius 1 is 1.21 bits per heavy atom. The van der Waals surface area contributed by atoms with Gasteiger partial charge >= 0.3 is 0 Å². The van der Waals surface area contributed by atoms with Gasteiger partial charge in [-0.2, -0.15) is 0 Å². The van der Waals surface area contributed by atoms with Crippen molar-refractivity contribution in [2.24, 2.45) is 0 Å². The van der Waals surface area contributed by atoms with Crippen molar-refractivity contribution in [2.45, 2.75) is 26.0 Å². The maximum absolute atomic E-state index is 12.2. The zero-order valence-electron chi connectivity index (χ0n) is 14.3. The SMILES string of the molecule is CCN1CCc2ccc(NC(=O)CSCc3ccc(C)cc3)cc21. The van der Waals surface area contributed by atoms with E-state index in [1.807, 2.05) is 6.07 Å². The number of fused-ring (bicyclic) bond motifs is 1. The number of aryl methyl sites for hydroxylation is 1. The highest BCUT2D eigenvalue weighted by molar-refractivity contribution is 7.99. The third-order valence-corrected chi connectivity index (χ3v) is 5.37. The molecule has 3 nitrogen and oxygen atoms in total. The molecule has 3 rings (SSSR count). The Balaban J connectivity index is 1.51. The molecule has 1 aliphatic rings. The van der Waals surface area contributed by atoms with Crippen molar-refractivity contribution in [2.75, 3.05) is 29.1 Å². The third kappa shape index (κ3) is 4.12. The van der Waals surface area contributed by atoms with Crippen molar-refractivity contribution >= 4 is 29.0 Å². The molecule has 126 valence electrons. The van der Waals surface area contributed by atoms with E-state index in [1.54, 1.807) is 11.8 Å². The second-order valence-electron chi connectivity index (χ2n) is 6.20. The van der Waals surface area contributed by atoms with Gasteiger partial charge in [0, 0.05) is 30.2 Å². The zero-order valence-corrected chi connectivity index (χ0v) is 15.2. The monoisotopic (exact) mass is 340 g/mol. The summed E-state index contributed by atoms with van der Waals surface area (Å²) >= 11 is 1.65. The Kier molecular flexibility index (Phi) is 5.46. The molecule has 0 fully saturated rings. The smallest absolute Gasteiger partial charge is 0.234 e. The second-order valence-corrected chi connectivity index (χ2v) is 7.19. The molecular formula is C20H24N2OS. The van der Waals surface area contributed by atoms with Crippen LogP contribution in [0.1, 0.15) is 23.6 Å². The topological polar surface area (TPSA) is 32.3 Å². The fraction of sp³-hybridized carbons (Fsp3) is 0.350. The van der Waals surface area contributed by atoms with Crippen LogP contribution in [0.2, 0.25) is 0 Å². The molecule has 0 aromatic heterocycles. The average molecular weight is 340 g/mol. The molecule has 0 bridgehead atoms. The maximum atomic E-state index is 12.2. The number of nitrogens with zero attached hydrogens (tertiary/aromatic N) is 1. The van der Waals surface area contributed by atoms with Crippen LogP contribution in [0.3, 0.4) is 0 Å². The first-order valence-corrected chi connectivity index (χ1v) is 9.62. The molecule has 1 N–H and O–H groups in total. The minimum absolute atomic E-state index is 0.0631. The molecule has 1 amide bonds. The average Bonchev–Trinajstić information content (AvgIpc) is 2.99. The van der Waals surface area contributed by atoms with Crippen LogP contribution in [0.4, 0.5) is 11.4 Å². The van der Waals surface area contributed by atoms with Gasteiger partial charge in [-0.15, -0.1) is 11.8 Å². The third-order valence-electron chi connectivity index (χ3n) is 4.37. The molecule has 1 heterocycles. The van der Waals surface area contributed by atoms with Gasteiger partial charge in [-0.25, -0.2) is 0 Å². The Morgan fingerprint density at radius 2 is 2.00 bits per heavy atom. The Labute approximate surface area is 148 Å². The van der Waals surface area contributed by atoms with E-state index in [4.69, 9.17) is 0 Å². The number of benzene rings is 2. The second kappa shape index (κ2) is 7.75.